The fraction of sp³-hybridized carbons (Fsp3) is 0.409. The van der Waals surface area contributed by atoms with Gasteiger partial charge in [0.05, 0.1) is 11.3 Å². The molecule has 180 valence electrons. The van der Waals surface area contributed by atoms with Crippen LogP contribution in [0.25, 0.3) is 0 Å². The number of sulfonamides is 1. The van der Waals surface area contributed by atoms with Gasteiger partial charge in [-0.1, -0.05) is 6.07 Å². The van der Waals surface area contributed by atoms with Crippen molar-refractivity contribution >= 4 is 21.7 Å². The molecule has 0 saturated carbocycles. The highest BCUT2D eigenvalue weighted by Crippen LogP contribution is 2.31. The van der Waals surface area contributed by atoms with E-state index < -0.39 is 34.4 Å². The third-order valence-electron chi connectivity index (χ3n) is 5.31. The van der Waals surface area contributed by atoms with Crippen molar-refractivity contribution in [2.24, 2.45) is 0 Å². The molecule has 1 saturated heterocycles. The van der Waals surface area contributed by atoms with E-state index in [0.717, 1.165) is 0 Å². The minimum absolute atomic E-state index is 0.0413. The quantitative estimate of drug-likeness (QED) is 0.668. The zero-order chi connectivity index (χ0) is 24.6. The number of nitrogens with zero attached hydrogens (tertiary/aromatic N) is 2. The zero-order valence-electron chi connectivity index (χ0n) is 18.3. The third kappa shape index (κ3) is 5.97. The van der Waals surface area contributed by atoms with Gasteiger partial charge >= 0.3 is 12.3 Å². The van der Waals surface area contributed by atoms with Gasteiger partial charge in [-0.3, -0.25) is 4.79 Å². The number of halogens is 3. The molecule has 2 aromatic rings. The van der Waals surface area contributed by atoms with Crippen LogP contribution in [0, 0.1) is 6.92 Å². The second kappa shape index (κ2) is 9.22. The molecule has 0 spiro atoms. The molecule has 2 aromatic carbocycles. The molecule has 0 unspecified atom stereocenters. The Morgan fingerprint density at radius 2 is 1.67 bits per heavy atom. The van der Waals surface area contributed by atoms with Crippen molar-refractivity contribution < 1.29 is 36.2 Å². The maximum Gasteiger partial charge on any atom is 0.573 e. The summed E-state index contributed by atoms with van der Waals surface area (Å²) in [6.45, 7) is 5.89. The number of carboxylic acid groups (broad SMARTS) is 1. The molecule has 0 radical (unpaired) electrons. The van der Waals surface area contributed by atoms with Gasteiger partial charge < -0.3 is 14.7 Å². The van der Waals surface area contributed by atoms with Crippen molar-refractivity contribution in [3.05, 3.63) is 53.6 Å². The lowest BCUT2D eigenvalue weighted by molar-refractivity contribution is -0.274. The van der Waals surface area contributed by atoms with Crippen LogP contribution in [0.3, 0.4) is 0 Å². The van der Waals surface area contributed by atoms with Crippen LogP contribution in [0.4, 0.5) is 18.9 Å². The van der Waals surface area contributed by atoms with E-state index in [2.05, 4.69) is 4.74 Å². The first-order valence-corrected chi connectivity index (χ1v) is 11.7. The van der Waals surface area contributed by atoms with Crippen LogP contribution in [0.2, 0.25) is 0 Å². The molecule has 1 aliphatic rings. The van der Waals surface area contributed by atoms with Gasteiger partial charge in [0.25, 0.3) is 0 Å². The van der Waals surface area contributed by atoms with Gasteiger partial charge in [0.2, 0.25) is 10.0 Å². The molecule has 33 heavy (non-hydrogen) atoms. The first-order valence-electron chi connectivity index (χ1n) is 10.2. The lowest BCUT2D eigenvalue weighted by Gasteiger charge is -2.44. The Labute approximate surface area is 190 Å². The molecule has 7 nitrogen and oxygen atoms in total. The molecule has 1 aliphatic heterocycles. The minimum atomic E-state index is -4.77. The summed E-state index contributed by atoms with van der Waals surface area (Å²) in [5, 5.41) is 9.07. The fourth-order valence-corrected chi connectivity index (χ4v) is 6.18. The minimum Gasteiger partial charge on any atom is -0.481 e. The van der Waals surface area contributed by atoms with Crippen molar-refractivity contribution in [2.75, 3.05) is 18.0 Å². The normalized spacial score (nSPS) is 20.0. The molecule has 0 amide bonds. The number of piperazine rings is 1. The fourth-order valence-electron chi connectivity index (χ4n) is 4.22. The van der Waals surface area contributed by atoms with Crippen molar-refractivity contribution in [1.29, 1.82) is 0 Å². The number of rotatable bonds is 6. The molecule has 1 heterocycles. The van der Waals surface area contributed by atoms with Crippen LogP contribution < -0.4 is 9.64 Å². The summed E-state index contributed by atoms with van der Waals surface area (Å²) in [5.74, 6) is -1.38. The number of carboxylic acids is 1. The molecule has 0 aromatic heterocycles. The van der Waals surface area contributed by atoms with Gasteiger partial charge in [0, 0.05) is 30.9 Å². The predicted octanol–water partition coefficient (Wildman–Crippen LogP) is 3.81. The molecule has 1 N–H and O–H groups in total. The van der Waals surface area contributed by atoms with E-state index in [9.17, 15) is 26.4 Å². The van der Waals surface area contributed by atoms with Gasteiger partial charge in [-0.2, -0.15) is 4.31 Å². The molecule has 3 rings (SSSR count). The van der Waals surface area contributed by atoms with Crippen LogP contribution >= 0.6 is 0 Å². The van der Waals surface area contributed by atoms with Crippen molar-refractivity contribution in [3.8, 4) is 5.75 Å². The van der Waals surface area contributed by atoms with E-state index in [-0.39, 0.29) is 17.1 Å². The van der Waals surface area contributed by atoms with Gasteiger partial charge in [-0.05, 0) is 68.3 Å². The number of hydrogen-bond donors (Lipinski definition) is 1. The molecule has 0 bridgehead atoms. The summed E-state index contributed by atoms with van der Waals surface area (Å²) in [6.07, 6.45) is -5.05. The van der Waals surface area contributed by atoms with Crippen molar-refractivity contribution in [3.63, 3.8) is 0 Å². The molecular formula is C22H25F3N2O5S. The van der Waals surface area contributed by atoms with Crippen molar-refractivity contribution in [1.82, 2.24) is 4.31 Å². The highest BCUT2D eigenvalue weighted by Gasteiger charge is 2.39. The highest BCUT2D eigenvalue weighted by atomic mass is 32.2. The van der Waals surface area contributed by atoms with E-state index in [1.807, 2.05) is 4.90 Å². The number of carbonyl (C=O) groups is 1. The van der Waals surface area contributed by atoms with Crippen LogP contribution in [-0.4, -0.2) is 55.3 Å². The van der Waals surface area contributed by atoms with E-state index >= 15 is 0 Å². The largest absolute Gasteiger partial charge is 0.573 e. The summed E-state index contributed by atoms with van der Waals surface area (Å²) in [5.41, 5.74) is 1.70. The average molecular weight is 487 g/mol. The van der Waals surface area contributed by atoms with E-state index in [0.29, 0.717) is 29.9 Å². The Bertz CT molecular complexity index is 1110. The number of aryl methyl sites for hydroxylation is 1. The van der Waals surface area contributed by atoms with E-state index in [1.54, 1.807) is 26.8 Å². The predicted molar refractivity (Wildman–Crippen MR) is 116 cm³/mol. The average Bonchev–Trinajstić information content (AvgIpc) is 2.65. The molecule has 2 atom stereocenters. The molecule has 0 aliphatic carbocycles. The number of alkyl halides is 3. The van der Waals surface area contributed by atoms with Crippen LogP contribution in [-0.2, 0) is 21.2 Å². The highest BCUT2D eigenvalue weighted by molar-refractivity contribution is 7.89. The van der Waals surface area contributed by atoms with Gasteiger partial charge in [-0.15, -0.1) is 13.2 Å². The summed E-state index contributed by atoms with van der Waals surface area (Å²) in [6, 6.07) is 9.13. The lowest BCUT2D eigenvalue weighted by Crippen LogP contribution is -2.58. The summed E-state index contributed by atoms with van der Waals surface area (Å²) >= 11 is 0. The van der Waals surface area contributed by atoms with Crippen LogP contribution in [0.5, 0.6) is 5.75 Å². The SMILES string of the molecule is Cc1cc(CC(=O)O)cc(S(=O)(=O)N2[C@H](C)CN(c3ccc(OC(F)(F)F)cc3)C[C@@H]2C)c1. The maximum absolute atomic E-state index is 13.5. The Kier molecular flexibility index (Phi) is 6.94. The van der Waals surface area contributed by atoms with Crippen LogP contribution in [0.1, 0.15) is 25.0 Å². The lowest BCUT2D eigenvalue weighted by atomic mass is 10.1. The Morgan fingerprint density at radius 3 is 2.18 bits per heavy atom. The van der Waals surface area contributed by atoms with Gasteiger partial charge in [0.15, 0.2) is 0 Å². The van der Waals surface area contributed by atoms with Gasteiger partial charge in [-0.25, -0.2) is 8.42 Å². The molecular weight excluding hydrogens is 461 g/mol. The Balaban J connectivity index is 1.81. The summed E-state index contributed by atoms with van der Waals surface area (Å²) in [4.78, 5) is 13.0. The second-order valence-electron chi connectivity index (χ2n) is 8.20. The summed E-state index contributed by atoms with van der Waals surface area (Å²) < 4.78 is 69.4. The second-order valence-corrected chi connectivity index (χ2v) is 10.0. The van der Waals surface area contributed by atoms with Crippen molar-refractivity contribution in [2.45, 2.75) is 50.5 Å². The standard InChI is InChI=1S/C22H25F3N2O5S/c1-14-8-17(11-21(28)29)10-20(9-14)33(30,31)27-15(2)12-26(13-16(27)3)18-4-6-19(7-5-18)32-22(23,24)25/h4-10,15-16H,11-13H2,1-3H3,(H,28,29)/t15-,16+. The van der Waals surface area contributed by atoms with E-state index in [4.69, 9.17) is 5.11 Å². The van der Waals surface area contributed by atoms with Crippen LogP contribution in [0.15, 0.2) is 47.4 Å². The third-order valence-corrected chi connectivity index (χ3v) is 7.42. The topological polar surface area (TPSA) is 87.1 Å². The number of ether oxygens (including phenoxy) is 1. The maximum atomic E-state index is 13.5. The first kappa shape index (κ1) is 24.8. The summed E-state index contributed by atoms with van der Waals surface area (Å²) in [7, 11) is -3.91. The van der Waals surface area contributed by atoms with Gasteiger partial charge in [0.1, 0.15) is 5.75 Å². The smallest absolute Gasteiger partial charge is 0.481 e. The Morgan fingerprint density at radius 1 is 1.09 bits per heavy atom. The number of benzene rings is 2. The Hall–Kier alpha value is -2.79. The number of hydrogen-bond acceptors (Lipinski definition) is 5. The first-order chi connectivity index (χ1) is 15.3. The molecule has 1 fully saturated rings. The van der Waals surface area contributed by atoms with E-state index in [1.165, 1.54) is 40.7 Å². The zero-order valence-corrected chi connectivity index (χ0v) is 19.2. The monoisotopic (exact) mass is 486 g/mol. The number of aliphatic carboxylic acids is 1. The number of anilines is 1. The molecule has 11 heteroatoms.